The Labute approximate surface area is 138 Å². The number of nitrogens with two attached hydrogens (primary N) is 1. The minimum absolute atomic E-state index is 0.158. The van der Waals surface area contributed by atoms with Crippen LogP contribution in [0.15, 0.2) is 54.9 Å². The molecule has 0 aliphatic carbocycles. The number of para-hydroxylation sites is 2. The molecule has 0 aliphatic heterocycles. The van der Waals surface area contributed by atoms with Crippen LogP contribution < -0.4 is 11.1 Å². The second kappa shape index (κ2) is 6.82. The first-order valence-electron chi connectivity index (χ1n) is 7.35. The van der Waals surface area contributed by atoms with Crippen LogP contribution in [0, 0.1) is 0 Å². The maximum absolute atomic E-state index is 12.1. The number of rotatable bonds is 5. The minimum Gasteiger partial charge on any atom is -0.368 e. The molecule has 0 radical (unpaired) electrons. The van der Waals surface area contributed by atoms with E-state index in [0.29, 0.717) is 11.2 Å². The lowest BCUT2D eigenvalue weighted by atomic mass is 10.1. The molecule has 7 heteroatoms. The van der Waals surface area contributed by atoms with Gasteiger partial charge in [-0.15, -0.1) is 0 Å². The SMILES string of the molecule is NC(=O)[C@@H](Cc1cnc2ccccc2n1)NC(=O)c1ccccn1. The molecule has 3 N–H and O–H groups in total. The molecule has 7 nitrogen and oxygen atoms in total. The summed E-state index contributed by atoms with van der Waals surface area (Å²) < 4.78 is 0. The Hall–Kier alpha value is -3.35. The Kier molecular flexibility index (Phi) is 4.42. The summed E-state index contributed by atoms with van der Waals surface area (Å²) in [6.45, 7) is 0. The fourth-order valence-corrected chi connectivity index (χ4v) is 2.26. The zero-order chi connectivity index (χ0) is 16.9. The van der Waals surface area contributed by atoms with Gasteiger partial charge in [-0.3, -0.25) is 19.6 Å². The predicted octanol–water partition coefficient (Wildman–Crippen LogP) is 0.851. The molecule has 0 fully saturated rings. The molecule has 24 heavy (non-hydrogen) atoms. The van der Waals surface area contributed by atoms with E-state index >= 15 is 0 Å². The summed E-state index contributed by atoms with van der Waals surface area (Å²) >= 11 is 0. The van der Waals surface area contributed by atoms with Crippen molar-refractivity contribution in [1.29, 1.82) is 0 Å². The Bertz CT molecular complexity index is 882. The highest BCUT2D eigenvalue weighted by Gasteiger charge is 2.21. The number of pyridine rings is 1. The first kappa shape index (κ1) is 15.5. The fourth-order valence-electron chi connectivity index (χ4n) is 2.26. The Balaban J connectivity index is 1.78. The van der Waals surface area contributed by atoms with Crippen molar-refractivity contribution in [3.63, 3.8) is 0 Å². The van der Waals surface area contributed by atoms with E-state index in [1.165, 1.54) is 6.20 Å². The second-order valence-electron chi connectivity index (χ2n) is 5.20. The summed E-state index contributed by atoms with van der Waals surface area (Å²) in [5, 5.41) is 2.59. The van der Waals surface area contributed by atoms with E-state index < -0.39 is 17.9 Å². The van der Waals surface area contributed by atoms with Gasteiger partial charge >= 0.3 is 0 Å². The third-order valence-corrected chi connectivity index (χ3v) is 3.46. The quantitative estimate of drug-likeness (QED) is 0.724. The zero-order valence-electron chi connectivity index (χ0n) is 12.7. The highest BCUT2D eigenvalue weighted by atomic mass is 16.2. The summed E-state index contributed by atoms with van der Waals surface area (Å²) in [5.41, 5.74) is 7.66. The van der Waals surface area contributed by atoms with Crippen molar-refractivity contribution in [3.8, 4) is 0 Å². The van der Waals surface area contributed by atoms with Crippen LogP contribution in [0.2, 0.25) is 0 Å². The number of fused-ring (bicyclic) bond motifs is 1. The van der Waals surface area contributed by atoms with Gasteiger partial charge in [0.25, 0.3) is 5.91 Å². The lowest BCUT2D eigenvalue weighted by Gasteiger charge is -2.15. The van der Waals surface area contributed by atoms with E-state index in [9.17, 15) is 9.59 Å². The second-order valence-corrected chi connectivity index (χ2v) is 5.20. The number of hydrogen-bond donors (Lipinski definition) is 2. The molecule has 2 aromatic heterocycles. The number of carbonyl (C=O) groups is 2. The molecule has 3 aromatic rings. The average molecular weight is 321 g/mol. The van der Waals surface area contributed by atoms with Crippen LogP contribution in [0.1, 0.15) is 16.2 Å². The van der Waals surface area contributed by atoms with Crippen LogP contribution in [-0.4, -0.2) is 32.8 Å². The van der Waals surface area contributed by atoms with Gasteiger partial charge in [0.15, 0.2) is 0 Å². The molecule has 2 heterocycles. The Morgan fingerprint density at radius 1 is 1.04 bits per heavy atom. The van der Waals surface area contributed by atoms with Crippen LogP contribution in [0.5, 0.6) is 0 Å². The largest absolute Gasteiger partial charge is 0.368 e. The van der Waals surface area contributed by atoms with E-state index in [1.807, 2.05) is 24.3 Å². The maximum atomic E-state index is 12.1. The normalized spacial score (nSPS) is 11.8. The number of amides is 2. The number of carbonyl (C=O) groups excluding carboxylic acids is 2. The van der Waals surface area contributed by atoms with Crippen LogP contribution in [-0.2, 0) is 11.2 Å². The molecule has 3 rings (SSSR count). The van der Waals surface area contributed by atoms with Gasteiger partial charge in [0, 0.05) is 18.8 Å². The topological polar surface area (TPSA) is 111 Å². The molecule has 1 aromatic carbocycles. The monoisotopic (exact) mass is 321 g/mol. The Morgan fingerprint density at radius 3 is 2.50 bits per heavy atom. The number of nitrogens with zero attached hydrogens (tertiary/aromatic N) is 3. The van der Waals surface area contributed by atoms with Crippen LogP contribution in [0.4, 0.5) is 0 Å². The van der Waals surface area contributed by atoms with Gasteiger partial charge in [0.05, 0.1) is 16.7 Å². The van der Waals surface area contributed by atoms with Crippen molar-refractivity contribution in [1.82, 2.24) is 20.3 Å². The molecule has 0 saturated carbocycles. The molecule has 2 amide bonds. The summed E-state index contributed by atoms with van der Waals surface area (Å²) in [7, 11) is 0. The maximum Gasteiger partial charge on any atom is 0.270 e. The number of nitrogens with one attached hydrogen (secondary N) is 1. The average Bonchev–Trinajstić information content (AvgIpc) is 2.61. The van der Waals surface area contributed by atoms with Crippen LogP contribution in [0.25, 0.3) is 11.0 Å². The molecule has 0 saturated heterocycles. The van der Waals surface area contributed by atoms with Crippen molar-refractivity contribution in [2.45, 2.75) is 12.5 Å². The van der Waals surface area contributed by atoms with Gasteiger partial charge in [-0.1, -0.05) is 18.2 Å². The van der Waals surface area contributed by atoms with Gasteiger partial charge in [0.2, 0.25) is 5.91 Å². The number of aromatic nitrogens is 3. The first-order valence-corrected chi connectivity index (χ1v) is 7.35. The predicted molar refractivity (Wildman–Crippen MR) is 87.9 cm³/mol. The van der Waals surface area contributed by atoms with Crippen molar-refractivity contribution in [2.75, 3.05) is 0 Å². The van der Waals surface area contributed by atoms with Gasteiger partial charge in [-0.2, -0.15) is 0 Å². The van der Waals surface area contributed by atoms with Gasteiger partial charge < -0.3 is 11.1 Å². The third-order valence-electron chi connectivity index (χ3n) is 3.46. The smallest absolute Gasteiger partial charge is 0.270 e. The lowest BCUT2D eigenvalue weighted by molar-refractivity contribution is -0.119. The molecule has 0 aliphatic rings. The molecule has 120 valence electrons. The van der Waals surface area contributed by atoms with Crippen LogP contribution in [0.3, 0.4) is 0 Å². The van der Waals surface area contributed by atoms with E-state index in [4.69, 9.17) is 5.73 Å². The molecule has 0 unspecified atom stereocenters. The van der Waals surface area contributed by atoms with Crippen LogP contribution >= 0.6 is 0 Å². The summed E-state index contributed by atoms with van der Waals surface area (Å²) in [6.07, 6.45) is 3.24. The van der Waals surface area contributed by atoms with Crippen molar-refractivity contribution in [2.24, 2.45) is 5.73 Å². The lowest BCUT2D eigenvalue weighted by Crippen LogP contribution is -2.46. The van der Waals surface area contributed by atoms with Gasteiger partial charge in [-0.05, 0) is 24.3 Å². The van der Waals surface area contributed by atoms with Gasteiger partial charge in [0.1, 0.15) is 11.7 Å². The van der Waals surface area contributed by atoms with E-state index in [1.54, 1.807) is 24.4 Å². The molecular weight excluding hydrogens is 306 g/mol. The van der Waals surface area contributed by atoms with Gasteiger partial charge in [-0.25, -0.2) is 4.98 Å². The molecule has 1 atom stereocenters. The standard InChI is InChI=1S/C17H15N5O2/c18-16(23)15(22-17(24)14-7-3-4-8-19-14)9-11-10-20-12-5-1-2-6-13(12)21-11/h1-8,10,15H,9H2,(H2,18,23)(H,22,24)/t15-/m1/s1. The molecule has 0 bridgehead atoms. The summed E-state index contributed by atoms with van der Waals surface area (Å²) in [4.78, 5) is 36.5. The Morgan fingerprint density at radius 2 is 1.79 bits per heavy atom. The molecular formula is C17H15N5O2. The zero-order valence-corrected chi connectivity index (χ0v) is 12.7. The first-order chi connectivity index (χ1) is 11.6. The fraction of sp³-hybridized carbons (Fsp3) is 0.118. The van der Waals surface area contributed by atoms with E-state index in [2.05, 4.69) is 20.3 Å². The highest BCUT2D eigenvalue weighted by Crippen LogP contribution is 2.10. The van der Waals surface area contributed by atoms with E-state index in [-0.39, 0.29) is 12.1 Å². The number of primary amides is 1. The highest BCUT2D eigenvalue weighted by molar-refractivity contribution is 5.95. The summed E-state index contributed by atoms with van der Waals surface area (Å²) in [6, 6.07) is 11.5. The molecule has 0 spiro atoms. The third kappa shape index (κ3) is 3.52. The minimum atomic E-state index is -0.894. The summed E-state index contributed by atoms with van der Waals surface area (Å²) in [5.74, 6) is -1.11. The number of hydrogen-bond acceptors (Lipinski definition) is 5. The van der Waals surface area contributed by atoms with E-state index in [0.717, 1.165) is 5.52 Å². The van der Waals surface area contributed by atoms with Crippen molar-refractivity contribution in [3.05, 3.63) is 66.2 Å². The van der Waals surface area contributed by atoms with Crippen molar-refractivity contribution < 1.29 is 9.59 Å². The number of benzene rings is 1. The van der Waals surface area contributed by atoms with Crippen molar-refractivity contribution >= 4 is 22.8 Å².